The van der Waals surface area contributed by atoms with Crippen LogP contribution in [0, 0.1) is 0 Å². The van der Waals surface area contributed by atoms with E-state index in [4.69, 9.17) is 4.74 Å². The molecule has 0 spiro atoms. The molecule has 0 bridgehead atoms. The number of hydrogen-bond acceptors (Lipinski definition) is 4. The second-order valence-corrected chi connectivity index (χ2v) is 5.06. The number of nitrogens with zero attached hydrogens (tertiary/aromatic N) is 1. The van der Waals surface area contributed by atoms with Gasteiger partial charge in [-0.15, -0.1) is 11.8 Å². The average molecular weight is 254 g/mol. The first-order valence-electron chi connectivity index (χ1n) is 6.09. The van der Waals surface area contributed by atoms with Crippen molar-refractivity contribution in [3.8, 4) is 0 Å². The minimum absolute atomic E-state index is 0.375. The van der Waals surface area contributed by atoms with Crippen LogP contribution in [0.2, 0.25) is 0 Å². The summed E-state index contributed by atoms with van der Waals surface area (Å²) < 4.78 is 5.01. The van der Waals surface area contributed by atoms with Crippen molar-refractivity contribution in [1.29, 1.82) is 0 Å². The molecule has 0 amide bonds. The molecule has 1 atom stereocenters. The Kier molecular flexibility index (Phi) is 7.24. The largest absolute Gasteiger partial charge is 0.384 e. The molecule has 96 valence electrons. The Morgan fingerprint density at radius 3 is 2.88 bits per heavy atom. The van der Waals surface area contributed by atoms with Crippen LogP contribution < -0.4 is 5.32 Å². The number of ether oxygens (including phenoxy) is 1. The second-order valence-electron chi connectivity index (χ2n) is 3.95. The number of hydrogen-bond donors (Lipinski definition) is 1. The Labute approximate surface area is 108 Å². The SMILES string of the molecule is CCCNC(C)c1ccc(SCCOC)nc1. The van der Waals surface area contributed by atoms with Crippen molar-refractivity contribution in [1.82, 2.24) is 10.3 Å². The van der Waals surface area contributed by atoms with Crippen molar-refractivity contribution in [3.63, 3.8) is 0 Å². The van der Waals surface area contributed by atoms with Gasteiger partial charge in [-0.25, -0.2) is 4.98 Å². The summed E-state index contributed by atoms with van der Waals surface area (Å²) in [4.78, 5) is 4.45. The van der Waals surface area contributed by atoms with Crippen molar-refractivity contribution in [3.05, 3.63) is 23.9 Å². The molecule has 0 radical (unpaired) electrons. The molecular formula is C13H22N2OS. The second kappa shape index (κ2) is 8.50. The van der Waals surface area contributed by atoms with Crippen LogP contribution >= 0.6 is 11.8 Å². The van der Waals surface area contributed by atoms with Gasteiger partial charge >= 0.3 is 0 Å². The molecule has 0 aromatic carbocycles. The summed E-state index contributed by atoms with van der Waals surface area (Å²) in [6.45, 7) is 6.16. The minimum atomic E-state index is 0.375. The highest BCUT2D eigenvalue weighted by Crippen LogP contribution is 2.17. The Balaban J connectivity index is 2.43. The van der Waals surface area contributed by atoms with Crippen molar-refractivity contribution in [2.45, 2.75) is 31.3 Å². The van der Waals surface area contributed by atoms with Gasteiger partial charge in [0, 0.05) is 25.1 Å². The molecule has 0 aliphatic heterocycles. The standard InChI is InChI=1S/C13H22N2OS/c1-4-7-14-11(2)12-5-6-13(15-10-12)17-9-8-16-3/h5-6,10-11,14H,4,7-9H2,1-3H3. The number of aromatic nitrogens is 1. The average Bonchev–Trinajstić information content (AvgIpc) is 2.37. The van der Waals surface area contributed by atoms with E-state index >= 15 is 0 Å². The third-order valence-electron chi connectivity index (χ3n) is 2.50. The van der Waals surface area contributed by atoms with Crippen LogP contribution in [0.25, 0.3) is 0 Å². The fourth-order valence-electron chi connectivity index (χ4n) is 1.44. The molecule has 0 aliphatic carbocycles. The quantitative estimate of drug-likeness (QED) is 0.571. The third kappa shape index (κ3) is 5.52. The Hall–Kier alpha value is -0.580. The molecule has 3 nitrogen and oxygen atoms in total. The first-order valence-corrected chi connectivity index (χ1v) is 7.07. The molecule has 0 saturated carbocycles. The van der Waals surface area contributed by atoms with Crippen LogP contribution in [0.4, 0.5) is 0 Å². The summed E-state index contributed by atoms with van der Waals surface area (Å²) in [5, 5.41) is 4.52. The van der Waals surface area contributed by atoms with E-state index in [9.17, 15) is 0 Å². The molecule has 1 unspecified atom stereocenters. The number of nitrogens with one attached hydrogen (secondary N) is 1. The van der Waals surface area contributed by atoms with Gasteiger partial charge in [0.15, 0.2) is 0 Å². The lowest BCUT2D eigenvalue weighted by Gasteiger charge is -2.13. The Bertz CT molecular complexity index is 303. The molecular weight excluding hydrogens is 232 g/mol. The van der Waals surface area contributed by atoms with Crippen LogP contribution in [0.15, 0.2) is 23.4 Å². The van der Waals surface area contributed by atoms with Crippen LogP contribution in [0.3, 0.4) is 0 Å². The molecule has 1 aromatic heterocycles. The zero-order chi connectivity index (χ0) is 12.5. The fourth-order valence-corrected chi connectivity index (χ4v) is 2.19. The highest BCUT2D eigenvalue weighted by atomic mass is 32.2. The van der Waals surface area contributed by atoms with E-state index in [2.05, 4.69) is 36.3 Å². The number of rotatable bonds is 8. The molecule has 1 heterocycles. The summed E-state index contributed by atoms with van der Waals surface area (Å²) in [7, 11) is 1.72. The predicted octanol–water partition coefficient (Wildman–Crippen LogP) is 2.88. The topological polar surface area (TPSA) is 34.1 Å². The molecule has 17 heavy (non-hydrogen) atoms. The monoisotopic (exact) mass is 254 g/mol. The summed E-state index contributed by atoms with van der Waals surface area (Å²) in [5.41, 5.74) is 1.24. The summed E-state index contributed by atoms with van der Waals surface area (Å²) in [6.07, 6.45) is 3.12. The van der Waals surface area contributed by atoms with E-state index in [-0.39, 0.29) is 0 Å². The molecule has 1 N–H and O–H groups in total. The Morgan fingerprint density at radius 1 is 1.47 bits per heavy atom. The lowest BCUT2D eigenvalue weighted by atomic mass is 10.1. The van der Waals surface area contributed by atoms with Gasteiger partial charge in [0.1, 0.15) is 0 Å². The van der Waals surface area contributed by atoms with Gasteiger partial charge in [-0.2, -0.15) is 0 Å². The van der Waals surface area contributed by atoms with E-state index in [0.717, 1.165) is 30.4 Å². The first kappa shape index (κ1) is 14.5. The van der Waals surface area contributed by atoms with Crippen molar-refractivity contribution in [2.75, 3.05) is 26.0 Å². The maximum Gasteiger partial charge on any atom is 0.0960 e. The van der Waals surface area contributed by atoms with Crippen LogP contribution in [-0.4, -0.2) is 31.0 Å². The number of thioether (sulfide) groups is 1. The number of pyridine rings is 1. The molecule has 1 aromatic rings. The van der Waals surface area contributed by atoms with Crippen molar-refractivity contribution < 1.29 is 4.74 Å². The summed E-state index contributed by atoms with van der Waals surface area (Å²) in [6, 6.07) is 4.61. The van der Waals surface area contributed by atoms with Crippen molar-refractivity contribution >= 4 is 11.8 Å². The smallest absolute Gasteiger partial charge is 0.0960 e. The zero-order valence-electron chi connectivity index (χ0n) is 10.9. The molecule has 0 fully saturated rings. The molecule has 4 heteroatoms. The van der Waals surface area contributed by atoms with E-state index in [1.807, 2.05) is 6.20 Å². The maximum atomic E-state index is 5.01. The van der Waals surface area contributed by atoms with Crippen LogP contribution in [0.1, 0.15) is 31.9 Å². The van der Waals surface area contributed by atoms with E-state index in [1.165, 1.54) is 5.56 Å². The molecule has 1 rings (SSSR count). The van der Waals surface area contributed by atoms with Gasteiger partial charge in [0.2, 0.25) is 0 Å². The first-order chi connectivity index (χ1) is 8.27. The normalized spacial score (nSPS) is 12.6. The van der Waals surface area contributed by atoms with E-state index < -0.39 is 0 Å². The minimum Gasteiger partial charge on any atom is -0.384 e. The van der Waals surface area contributed by atoms with Gasteiger partial charge in [-0.3, -0.25) is 0 Å². The summed E-state index contributed by atoms with van der Waals surface area (Å²) >= 11 is 1.73. The van der Waals surface area contributed by atoms with Crippen molar-refractivity contribution in [2.24, 2.45) is 0 Å². The van der Waals surface area contributed by atoms with E-state index in [0.29, 0.717) is 6.04 Å². The van der Waals surface area contributed by atoms with Gasteiger partial charge in [-0.05, 0) is 31.5 Å². The lowest BCUT2D eigenvalue weighted by Crippen LogP contribution is -2.19. The Morgan fingerprint density at radius 2 is 2.29 bits per heavy atom. The highest BCUT2D eigenvalue weighted by molar-refractivity contribution is 7.99. The van der Waals surface area contributed by atoms with Gasteiger partial charge in [-0.1, -0.05) is 13.0 Å². The van der Waals surface area contributed by atoms with E-state index in [1.54, 1.807) is 18.9 Å². The fraction of sp³-hybridized carbons (Fsp3) is 0.615. The van der Waals surface area contributed by atoms with Gasteiger partial charge in [0.05, 0.1) is 11.6 Å². The van der Waals surface area contributed by atoms with Crippen LogP contribution in [0.5, 0.6) is 0 Å². The lowest BCUT2D eigenvalue weighted by molar-refractivity contribution is 0.218. The van der Waals surface area contributed by atoms with Crippen LogP contribution in [-0.2, 0) is 4.74 Å². The zero-order valence-corrected chi connectivity index (χ0v) is 11.7. The molecule has 0 aliphatic rings. The van der Waals surface area contributed by atoms with Gasteiger partial charge < -0.3 is 10.1 Å². The van der Waals surface area contributed by atoms with Gasteiger partial charge in [0.25, 0.3) is 0 Å². The third-order valence-corrected chi connectivity index (χ3v) is 3.41. The molecule has 0 saturated heterocycles. The summed E-state index contributed by atoms with van der Waals surface area (Å²) in [5.74, 6) is 0.951. The number of methoxy groups -OCH3 is 1. The maximum absolute atomic E-state index is 5.01. The predicted molar refractivity (Wildman–Crippen MR) is 73.5 cm³/mol. The highest BCUT2D eigenvalue weighted by Gasteiger charge is 2.04.